The molecule has 0 atom stereocenters. The highest BCUT2D eigenvalue weighted by Gasteiger charge is 2.31. The largest absolute Gasteiger partial charge is 0.323 e. The molecule has 1 aromatic carbocycles. The number of rotatable bonds is 4. The smallest absolute Gasteiger partial charge is 0.225 e. The van der Waals surface area contributed by atoms with Crippen molar-refractivity contribution in [3.8, 4) is 11.3 Å². The van der Waals surface area contributed by atoms with Gasteiger partial charge in [0.15, 0.2) is 0 Å². The highest BCUT2D eigenvalue weighted by atomic mass is 19.1. The van der Waals surface area contributed by atoms with Crippen LogP contribution in [0.25, 0.3) is 11.3 Å². The molecule has 23 heavy (non-hydrogen) atoms. The molecule has 1 aliphatic rings. The Hall–Kier alpha value is -2.17. The minimum absolute atomic E-state index is 0.0431. The summed E-state index contributed by atoms with van der Waals surface area (Å²) < 4.78 is 13.5. The third-order valence-electron chi connectivity index (χ3n) is 3.83. The number of carbonyl (C=O) groups is 1. The minimum atomic E-state index is -0.314. The van der Waals surface area contributed by atoms with Crippen LogP contribution in [0.2, 0.25) is 0 Å². The van der Waals surface area contributed by atoms with Gasteiger partial charge in [0.1, 0.15) is 11.5 Å². The van der Waals surface area contributed by atoms with E-state index in [0.29, 0.717) is 29.3 Å². The second kappa shape index (κ2) is 5.80. The van der Waals surface area contributed by atoms with Gasteiger partial charge in [-0.05, 0) is 30.4 Å². The van der Waals surface area contributed by atoms with Crippen LogP contribution in [-0.2, 0) is 4.79 Å². The summed E-state index contributed by atoms with van der Waals surface area (Å²) in [5, 5.41) is 10.4. The van der Waals surface area contributed by atoms with Gasteiger partial charge in [-0.15, -0.1) is 0 Å². The summed E-state index contributed by atoms with van der Waals surface area (Å²) in [6, 6.07) is 6.29. The number of halogens is 1. The zero-order chi connectivity index (χ0) is 16.6. The van der Waals surface area contributed by atoms with Gasteiger partial charge < -0.3 is 5.32 Å². The fourth-order valence-electron chi connectivity index (χ4n) is 2.66. The average molecular weight is 315 g/mol. The molecule has 4 nitrogen and oxygen atoms in total. The lowest BCUT2D eigenvalue weighted by Crippen LogP contribution is -2.20. The van der Waals surface area contributed by atoms with E-state index in [1.54, 1.807) is 12.1 Å². The van der Waals surface area contributed by atoms with Crippen LogP contribution in [0, 0.1) is 11.2 Å². The highest BCUT2D eigenvalue weighted by molar-refractivity contribution is 5.96. The molecule has 1 saturated carbocycles. The molecule has 0 saturated heterocycles. The minimum Gasteiger partial charge on any atom is -0.323 e. The first-order valence-electron chi connectivity index (χ1n) is 7.97. The summed E-state index contributed by atoms with van der Waals surface area (Å²) in [5.41, 5.74) is 2.83. The van der Waals surface area contributed by atoms with Gasteiger partial charge in [0.2, 0.25) is 5.91 Å². The summed E-state index contributed by atoms with van der Waals surface area (Å²) in [6.45, 7) is 6.08. The third-order valence-corrected chi connectivity index (χ3v) is 3.83. The fourth-order valence-corrected chi connectivity index (χ4v) is 2.66. The summed E-state index contributed by atoms with van der Waals surface area (Å²) in [5.74, 6) is 0.0543. The van der Waals surface area contributed by atoms with Crippen LogP contribution < -0.4 is 5.32 Å². The Labute approximate surface area is 135 Å². The molecule has 1 amide bonds. The highest BCUT2D eigenvalue weighted by Crippen LogP contribution is 2.45. The molecule has 0 unspecified atom stereocenters. The number of aromatic nitrogens is 2. The first kappa shape index (κ1) is 15.7. The van der Waals surface area contributed by atoms with Crippen LogP contribution in [0.4, 0.5) is 10.1 Å². The zero-order valence-electron chi connectivity index (χ0n) is 13.7. The standard InChI is InChI=1S/C18H22FN3O/c1-18(2,3)10-14(23)20-17-15(11-7-8-11)21-22-16(17)12-5-4-6-13(19)9-12/h4-6,9,11H,7-8,10H2,1-3H3,(H,20,23)(H,21,22). The van der Waals surface area contributed by atoms with E-state index in [2.05, 4.69) is 15.5 Å². The van der Waals surface area contributed by atoms with Crippen molar-refractivity contribution in [1.82, 2.24) is 10.2 Å². The molecule has 0 bridgehead atoms. The number of benzene rings is 1. The molecule has 1 fully saturated rings. The van der Waals surface area contributed by atoms with Crippen LogP contribution in [0.1, 0.15) is 51.6 Å². The van der Waals surface area contributed by atoms with Crippen molar-refractivity contribution in [2.45, 2.75) is 46.0 Å². The molecule has 2 aromatic rings. The van der Waals surface area contributed by atoms with Gasteiger partial charge in [0, 0.05) is 17.9 Å². The lowest BCUT2D eigenvalue weighted by molar-refractivity contribution is -0.117. The Bertz CT molecular complexity index is 726. The molecule has 122 valence electrons. The van der Waals surface area contributed by atoms with Gasteiger partial charge in [0.05, 0.1) is 11.4 Å². The van der Waals surface area contributed by atoms with Crippen LogP contribution >= 0.6 is 0 Å². The monoisotopic (exact) mass is 315 g/mol. The number of nitrogens with one attached hydrogen (secondary N) is 2. The number of nitrogens with zero attached hydrogens (tertiary/aromatic N) is 1. The molecule has 0 radical (unpaired) electrons. The Balaban J connectivity index is 1.93. The summed E-state index contributed by atoms with van der Waals surface area (Å²) >= 11 is 0. The van der Waals surface area contributed by atoms with Crippen LogP contribution in [-0.4, -0.2) is 16.1 Å². The van der Waals surface area contributed by atoms with Gasteiger partial charge in [-0.1, -0.05) is 32.9 Å². The van der Waals surface area contributed by atoms with E-state index in [4.69, 9.17) is 0 Å². The number of H-pyrrole nitrogens is 1. The average Bonchev–Trinajstić information content (AvgIpc) is 3.19. The molecule has 2 N–H and O–H groups in total. The van der Waals surface area contributed by atoms with Crippen LogP contribution in [0.3, 0.4) is 0 Å². The topological polar surface area (TPSA) is 57.8 Å². The predicted molar refractivity (Wildman–Crippen MR) is 88.7 cm³/mol. The number of anilines is 1. The van der Waals surface area contributed by atoms with Gasteiger partial charge in [-0.3, -0.25) is 9.89 Å². The normalized spacial score (nSPS) is 14.8. The van der Waals surface area contributed by atoms with Crippen molar-refractivity contribution in [3.63, 3.8) is 0 Å². The van der Waals surface area contributed by atoms with E-state index in [1.807, 2.05) is 20.8 Å². The lowest BCUT2D eigenvalue weighted by Gasteiger charge is -2.17. The van der Waals surface area contributed by atoms with E-state index >= 15 is 0 Å². The van der Waals surface area contributed by atoms with Crippen molar-refractivity contribution in [2.24, 2.45) is 5.41 Å². The fraction of sp³-hybridized carbons (Fsp3) is 0.444. The van der Waals surface area contributed by atoms with Gasteiger partial charge in [-0.25, -0.2) is 4.39 Å². The Kier molecular flexibility index (Phi) is 3.96. The second-order valence-corrected chi connectivity index (χ2v) is 7.43. The Morgan fingerprint density at radius 2 is 2.13 bits per heavy atom. The lowest BCUT2D eigenvalue weighted by atomic mass is 9.92. The Morgan fingerprint density at radius 1 is 1.39 bits per heavy atom. The molecule has 1 heterocycles. The van der Waals surface area contributed by atoms with Gasteiger partial charge >= 0.3 is 0 Å². The van der Waals surface area contributed by atoms with E-state index < -0.39 is 0 Å². The van der Waals surface area contributed by atoms with Crippen molar-refractivity contribution in [1.29, 1.82) is 0 Å². The summed E-state index contributed by atoms with van der Waals surface area (Å²) in [4.78, 5) is 12.3. The van der Waals surface area contributed by atoms with Crippen LogP contribution in [0.15, 0.2) is 24.3 Å². The van der Waals surface area contributed by atoms with E-state index in [-0.39, 0.29) is 17.1 Å². The van der Waals surface area contributed by atoms with Gasteiger partial charge in [0.25, 0.3) is 0 Å². The molecule has 5 heteroatoms. The van der Waals surface area contributed by atoms with Gasteiger partial charge in [-0.2, -0.15) is 5.10 Å². The maximum absolute atomic E-state index is 13.5. The van der Waals surface area contributed by atoms with Crippen molar-refractivity contribution in [3.05, 3.63) is 35.8 Å². The quantitative estimate of drug-likeness (QED) is 0.874. The van der Waals surface area contributed by atoms with E-state index in [1.165, 1.54) is 12.1 Å². The first-order valence-corrected chi connectivity index (χ1v) is 7.97. The SMILES string of the molecule is CC(C)(C)CC(=O)Nc1c(-c2cccc(F)c2)n[nH]c1C1CC1. The summed E-state index contributed by atoms with van der Waals surface area (Å²) in [6.07, 6.45) is 2.60. The molecular formula is C18H22FN3O. The Morgan fingerprint density at radius 3 is 2.74 bits per heavy atom. The number of carbonyl (C=O) groups excluding carboxylic acids is 1. The molecule has 1 aliphatic carbocycles. The first-order chi connectivity index (χ1) is 10.8. The predicted octanol–water partition coefficient (Wildman–Crippen LogP) is 4.47. The number of hydrogen-bond donors (Lipinski definition) is 2. The zero-order valence-corrected chi connectivity index (χ0v) is 13.7. The summed E-state index contributed by atoms with van der Waals surface area (Å²) in [7, 11) is 0. The molecule has 1 aromatic heterocycles. The third kappa shape index (κ3) is 3.78. The van der Waals surface area contributed by atoms with E-state index in [9.17, 15) is 9.18 Å². The molecule has 0 spiro atoms. The number of hydrogen-bond acceptors (Lipinski definition) is 2. The molecular weight excluding hydrogens is 293 g/mol. The van der Waals surface area contributed by atoms with E-state index in [0.717, 1.165) is 18.5 Å². The van der Waals surface area contributed by atoms with Crippen molar-refractivity contribution >= 4 is 11.6 Å². The number of amides is 1. The maximum atomic E-state index is 13.5. The maximum Gasteiger partial charge on any atom is 0.225 e. The molecule has 0 aliphatic heterocycles. The number of aromatic amines is 1. The van der Waals surface area contributed by atoms with Crippen molar-refractivity contribution < 1.29 is 9.18 Å². The second-order valence-electron chi connectivity index (χ2n) is 7.43. The molecule has 3 rings (SSSR count). The van der Waals surface area contributed by atoms with Crippen LogP contribution in [0.5, 0.6) is 0 Å². The van der Waals surface area contributed by atoms with Crippen molar-refractivity contribution in [2.75, 3.05) is 5.32 Å².